The van der Waals surface area contributed by atoms with Crippen molar-refractivity contribution in [2.45, 2.75) is 26.2 Å². The predicted molar refractivity (Wildman–Crippen MR) is 96.7 cm³/mol. The number of rotatable bonds is 4. The summed E-state index contributed by atoms with van der Waals surface area (Å²) in [4.78, 5) is 25.9. The fraction of sp³-hybridized carbons (Fsp3) is 0.294. The van der Waals surface area contributed by atoms with Gasteiger partial charge in [-0.25, -0.2) is 4.79 Å². The Morgan fingerprint density at radius 3 is 2.75 bits per heavy atom. The van der Waals surface area contributed by atoms with Crippen molar-refractivity contribution >= 4 is 51.4 Å². The number of anilines is 1. The van der Waals surface area contributed by atoms with E-state index in [-0.39, 0.29) is 11.9 Å². The van der Waals surface area contributed by atoms with Gasteiger partial charge in [-0.15, -0.1) is 11.3 Å². The van der Waals surface area contributed by atoms with Crippen LogP contribution in [0.5, 0.6) is 0 Å². The number of halogens is 2. The number of thiophene rings is 1. The molecule has 3 rings (SSSR count). The molecule has 1 N–H and O–H groups in total. The summed E-state index contributed by atoms with van der Waals surface area (Å²) < 4.78 is 5.15. The minimum atomic E-state index is -0.388. The van der Waals surface area contributed by atoms with Crippen LogP contribution in [0.2, 0.25) is 10.0 Å². The number of carbonyl (C=O) groups is 2. The van der Waals surface area contributed by atoms with Gasteiger partial charge in [0.1, 0.15) is 5.00 Å². The first-order valence-electron chi connectivity index (χ1n) is 7.59. The molecule has 0 radical (unpaired) electrons. The second kappa shape index (κ2) is 7.13. The van der Waals surface area contributed by atoms with E-state index in [0.717, 1.165) is 29.7 Å². The van der Waals surface area contributed by atoms with Crippen LogP contribution in [0, 0.1) is 0 Å². The van der Waals surface area contributed by atoms with E-state index in [1.54, 1.807) is 19.1 Å². The fourth-order valence-corrected chi connectivity index (χ4v) is 4.29. The molecule has 1 aliphatic carbocycles. The summed E-state index contributed by atoms with van der Waals surface area (Å²) in [5.74, 6) is -0.722. The van der Waals surface area contributed by atoms with E-state index in [2.05, 4.69) is 5.32 Å². The van der Waals surface area contributed by atoms with Crippen molar-refractivity contribution in [3.8, 4) is 0 Å². The molecular weight excluding hydrogens is 369 g/mol. The summed E-state index contributed by atoms with van der Waals surface area (Å²) in [6.07, 6.45) is 2.78. The van der Waals surface area contributed by atoms with E-state index >= 15 is 0 Å². The first-order chi connectivity index (χ1) is 11.5. The molecule has 0 unspecified atom stereocenters. The predicted octanol–water partition coefficient (Wildman–Crippen LogP) is 4.97. The van der Waals surface area contributed by atoms with Crippen molar-refractivity contribution in [1.29, 1.82) is 0 Å². The zero-order chi connectivity index (χ0) is 17.3. The number of amides is 1. The Morgan fingerprint density at radius 2 is 2.04 bits per heavy atom. The molecule has 0 fully saturated rings. The number of carbonyl (C=O) groups excluding carboxylic acids is 2. The molecule has 0 atom stereocenters. The number of aryl methyl sites for hydroxylation is 1. The van der Waals surface area contributed by atoms with Gasteiger partial charge in [0.05, 0.1) is 22.2 Å². The van der Waals surface area contributed by atoms with Gasteiger partial charge in [-0.1, -0.05) is 23.2 Å². The van der Waals surface area contributed by atoms with Crippen LogP contribution < -0.4 is 5.32 Å². The van der Waals surface area contributed by atoms with E-state index in [9.17, 15) is 9.59 Å². The highest BCUT2D eigenvalue weighted by Gasteiger charge is 2.28. The topological polar surface area (TPSA) is 55.4 Å². The highest BCUT2D eigenvalue weighted by molar-refractivity contribution is 7.17. The number of hydrogen-bond acceptors (Lipinski definition) is 4. The minimum Gasteiger partial charge on any atom is -0.462 e. The highest BCUT2D eigenvalue weighted by Crippen LogP contribution is 2.39. The van der Waals surface area contributed by atoms with Crippen molar-refractivity contribution in [1.82, 2.24) is 0 Å². The molecule has 2 aromatic rings. The van der Waals surface area contributed by atoms with E-state index in [0.29, 0.717) is 32.8 Å². The quantitative estimate of drug-likeness (QED) is 0.757. The van der Waals surface area contributed by atoms with Crippen molar-refractivity contribution in [3.63, 3.8) is 0 Å². The van der Waals surface area contributed by atoms with Crippen molar-refractivity contribution in [3.05, 3.63) is 49.8 Å². The Labute approximate surface area is 153 Å². The zero-order valence-corrected chi connectivity index (χ0v) is 15.3. The van der Waals surface area contributed by atoms with Crippen LogP contribution in [-0.2, 0) is 17.6 Å². The van der Waals surface area contributed by atoms with Crippen LogP contribution in [0.3, 0.4) is 0 Å². The summed E-state index contributed by atoms with van der Waals surface area (Å²) in [6, 6.07) is 4.67. The first-order valence-corrected chi connectivity index (χ1v) is 9.16. The van der Waals surface area contributed by atoms with E-state index < -0.39 is 0 Å². The molecule has 1 amide bonds. The normalized spacial score (nSPS) is 12.8. The molecule has 4 nitrogen and oxygen atoms in total. The van der Waals surface area contributed by atoms with Gasteiger partial charge >= 0.3 is 5.97 Å². The summed E-state index contributed by atoms with van der Waals surface area (Å²) in [6.45, 7) is 2.06. The number of ether oxygens (including phenoxy) is 1. The summed E-state index contributed by atoms with van der Waals surface area (Å²) >= 11 is 13.3. The molecular formula is C17H15Cl2NO3S. The molecule has 0 bridgehead atoms. The molecule has 24 heavy (non-hydrogen) atoms. The Hall–Kier alpha value is -1.56. The summed E-state index contributed by atoms with van der Waals surface area (Å²) in [7, 11) is 0. The van der Waals surface area contributed by atoms with Crippen LogP contribution in [0.4, 0.5) is 5.00 Å². The zero-order valence-electron chi connectivity index (χ0n) is 12.9. The Kier molecular flexibility index (Phi) is 5.13. The SMILES string of the molecule is CCOC(=O)c1c(NC(=O)c2ccc(Cl)c(Cl)c2)sc2c1CCC2. The molecule has 0 saturated carbocycles. The lowest BCUT2D eigenvalue weighted by molar-refractivity contribution is 0.0527. The molecule has 1 aliphatic rings. The van der Waals surface area contributed by atoms with E-state index in [4.69, 9.17) is 27.9 Å². The molecule has 1 aromatic carbocycles. The molecule has 1 heterocycles. The first kappa shape index (κ1) is 17.3. The summed E-state index contributed by atoms with van der Waals surface area (Å²) in [5, 5.41) is 4.05. The lowest BCUT2D eigenvalue weighted by Crippen LogP contribution is -2.15. The number of esters is 1. The number of benzene rings is 1. The Bertz CT molecular complexity index is 816. The van der Waals surface area contributed by atoms with Gasteiger partial charge in [-0.2, -0.15) is 0 Å². The van der Waals surface area contributed by atoms with Gasteiger partial charge in [0.2, 0.25) is 0 Å². The maximum Gasteiger partial charge on any atom is 0.341 e. The standard InChI is InChI=1S/C17H15Cl2NO3S/c1-2-23-17(22)14-10-4-3-5-13(10)24-16(14)20-15(21)9-6-7-11(18)12(19)8-9/h6-8H,2-5H2,1H3,(H,20,21). The third-order valence-electron chi connectivity index (χ3n) is 3.81. The molecule has 126 valence electrons. The Balaban J connectivity index is 1.90. The van der Waals surface area contributed by atoms with Gasteiger partial charge in [0.25, 0.3) is 5.91 Å². The van der Waals surface area contributed by atoms with Crippen LogP contribution >= 0.6 is 34.5 Å². The minimum absolute atomic E-state index is 0.295. The maximum atomic E-state index is 12.5. The number of hydrogen-bond donors (Lipinski definition) is 1. The third-order valence-corrected chi connectivity index (χ3v) is 5.76. The van der Waals surface area contributed by atoms with E-state index in [1.165, 1.54) is 17.4 Å². The average Bonchev–Trinajstić information content (AvgIpc) is 3.10. The van der Waals surface area contributed by atoms with Gasteiger partial charge in [-0.05, 0) is 49.9 Å². The van der Waals surface area contributed by atoms with Gasteiger partial charge < -0.3 is 10.1 Å². The van der Waals surface area contributed by atoms with Crippen LogP contribution in [0.1, 0.15) is 44.5 Å². The van der Waals surface area contributed by atoms with Crippen LogP contribution in [0.15, 0.2) is 18.2 Å². The maximum absolute atomic E-state index is 12.5. The third kappa shape index (κ3) is 3.29. The second-order valence-electron chi connectivity index (χ2n) is 5.36. The van der Waals surface area contributed by atoms with E-state index in [1.807, 2.05) is 0 Å². The van der Waals surface area contributed by atoms with Gasteiger partial charge in [-0.3, -0.25) is 4.79 Å². The smallest absolute Gasteiger partial charge is 0.341 e. The highest BCUT2D eigenvalue weighted by atomic mass is 35.5. The average molecular weight is 384 g/mol. The van der Waals surface area contributed by atoms with Crippen molar-refractivity contribution < 1.29 is 14.3 Å². The lowest BCUT2D eigenvalue weighted by Gasteiger charge is -2.08. The number of fused-ring (bicyclic) bond motifs is 1. The summed E-state index contributed by atoms with van der Waals surface area (Å²) in [5.41, 5.74) is 1.87. The second-order valence-corrected chi connectivity index (χ2v) is 7.28. The molecule has 0 aliphatic heterocycles. The fourth-order valence-electron chi connectivity index (χ4n) is 2.72. The molecule has 0 spiro atoms. The number of nitrogens with one attached hydrogen (secondary N) is 1. The van der Waals surface area contributed by atoms with Crippen LogP contribution in [-0.4, -0.2) is 18.5 Å². The van der Waals surface area contributed by atoms with Crippen molar-refractivity contribution in [2.75, 3.05) is 11.9 Å². The molecule has 1 aromatic heterocycles. The largest absolute Gasteiger partial charge is 0.462 e. The van der Waals surface area contributed by atoms with Gasteiger partial charge in [0, 0.05) is 10.4 Å². The molecule has 7 heteroatoms. The Morgan fingerprint density at radius 1 is 1.25 bits per heavy atom. The monoisotopic (exact) mass is 383 g/mol. The van der Waals surface area contributed by atoms with Crippen LogP contribution in [0.25, 0.3) is 0 Å². The molecule has 0 saturated heterocycles. The van der Waals surface area contributed by atoms with Gasteiger partial charge in [0.15, 0.2) is 0 Å². The lowest BCUT2D eigenvalue weighted by atomic mass is 10.1. The van der Waals surface area contributed by atoms with Crippen molar-refractivity contribution in [2.24, 2.45) is 0 Å².